The molecule has 0 aliphatic heterocycles. The maximum absolute atomic E-state index is 12.5. The van der Waals surface area contributed by atoms with Crippen molar-refractivity contribution in [3.63, 3.8) is 0 Å². The van der Waals surface area contributed by atoms with Crippen LogP contribution in [0.4, 0.5) is 0 Å². The van der Waals surface area contributed by atoms with Crippen LogP contribution in [0.2, 0.25) is 0 Å². The van der Waals surface area contributed by atoms with Gasteiger partial charge in [0, 0.05) is 18.3 Å². The van der Waals surface area contributed by atoms with Gasteiger partial charge in [-0.05, 0) is 33.6 Å². The van der Waals surface area contributed by atoms with Crippen molar-refractivity contribution in [2.75, 3.05) is 0 Å². The zero-order valence-electron chi connectivity index (χ0n) is 13.5. The van der Waals surface area contributed by atoms with Gasteiger partial charge in [-0.1, -0.05) is 12.8 Å². The van der Waals surface area contributed by atoms with Gasteiger partial charge in [-0.2, -0.15) is 5.10 Å². The Morgan fingerprint density at radius 1 is 1.41 bits per heavy atom. The first-order valence-electron chi connectivity index (χ1n) is 8.01. The Balaban J connectivity index is 2.06. The minimum Gasteiger partial charge on any atom is -0.481 e. The van der Waals surface area contributed by atoms with Crippen molar-refractivity contribution < 1.29 is 14.7 Å². The zero-order chi connectivity index (χ0) is 16.3. The van der Waals surface area contributed by atoms with Crippen LogP contribution in [0.15, 0.2) is 6.20 Å². The second-order valence-corrected chi connectivity index (χ2v) is 6.09. The molecule has 1 heterocycles. The molecule has 1 aliphatic carbocycles. The molecule has 1 aromatic heterocycles. The summed E-state index contributed by atoms with van der Waals surface area (Å²) in [7, 11) is 0. The summed E-state index contributed by atoms with van der Waals surface area (Å²) < 4.78 is 1.84. The van der Waals surface area contributed by atoms with E-state index in [1.54, 1.807) is 0 Å². The summed E-state index contributed by atoms with van der Waals surface area (Å²) in [5.41, 5.74) is 1.88. The molecular formula is C16H25N3O3. The van der Waals surface area contributed by atoms with Crippen LogP contribution in [0.1, 0.15) is 56.8 Å². The Morgan fingerprint density at radius 2 is 2.05 bits per heavy atom. The van der Waals surface area contributed by atoms with Crippen molar-refractivity contribution >= 4 is 11.9 Å². The molecule has 6 heteroatoms. The van der Waals surface area contributed by atoms with Crippen LogP contribution in [0.5, 0.6) is 0 Å². The van der Waals surface area contributed by atoms with E-state index in [0.29, 0.717) is 12.8 Å². The number of aliphatic carboxylic acids is 1. The Labute approximate surface area is 130 Å². The number of carbonyl (C=O) groups is 2. The highest BCUT2D eigenvalue weighted by molar-refractivity contribution is 5.85. The van der Waals surface area contributed by atoms with Gasteiger partial charge in [-0.25, -0.2) is 0 Å². The molecule has 1 aromatic rings. The molecule has 1 saturated carbocycles. The lowest BCUT2D eigenvalue weighted by Crippen LogP contribution is -2.40. The monoisotopic (exact) mass is 307 g/mol. The minimum absolute atomic E-state index is 0.150. The van der Waals surface area contributed by atoms with Gasteiger partial charge in [0.2, 0.25) is 5.91 Å². The fraction of sp³-hybridized carbons (Fsp3) is 0.688. The van der Waals surface area contributed by atoms with E-state index in [1.165, 1.54) is 0 Å². The topological polar surface area (TPSA) is 84.2 Å². The number of nitrogens with one attached hydrogen (secondary N) is 1. The van der Waals surface area contributed by atoms with E-state index < -0.39 is 17.8 Å². The van der Waals surface area contributed by atoms with Crippen molar-refractivity contribution in [2.45, 2.75) is 59.0 Å². The molecule has 3 atom stereocenters. The number of carboxylic acids is 1. The molecule has 0 spiro atoms. The predicted molar refractivity (Wildman–Crippen MR) is 82.3 cm³/mol. The minimum atomic E-state index is -0.859. The first-order chi connectivity index (χ1) is 10.4. The highest BCUT2D eigenvalue weighted by Crippen LogP contribution is 2.31. The molecule has 6 nitrogen and oxygen atoms in total. The van der Waals surface area contributed by atoms with E-state index in [4.69, 9.17) is 0 Å². The first kappa shape index (κ1) is 16.5. The van der Waals surface area contributed by atoms with Gasteiger partial charge < -0.3 is 10.4 Å². The smallest absolute Gasteiger partial charge is 0.307 e. The van der Waals surface area contributed by atoms with Crippen LogP contribution in [0, 0.1) is 18.8 Å². The van der Waals surface area contributed by atoms with Gasteiger partial charge in [-0.15, -0.1) is 0 Å². The SMILES string of the molecule is CCn1cc(C(C)NC(=O)C2CCCCC2C(=O)O)c(C)n1. The number of carboxylic acid groups (broad SMARTS) is 1. The van der Waals surface area contributed by atoms with Crippen molar-refractivity contribution in [1.82, 2.24) is 15.1 Å². The lowest BCUT2D eigenvalue weighted by molar-refractivity contribution is -0.149. The number of rotatable bonds is 5. The Bertz CT molecular complexity index is 553. The largest absolute Gasteiger partial charge is 0.481 e. The van der Waals surface area contributed by atoms with Gasteiger partial charge >= 0.3 is 5.97 Å². The molecule has 0 radical (unpaired) electrons. The molecular weight excluding hydrogens is 282 g/mol. The second-order valence-electron chi connectivity index (χ2n) is 6.09. The van der Waals surface area contributed by atoms with Gasteiger partial charge in [0.1, 0.15) is 0 Å². The highest BCUT2D eigenvalue weighted by atomic mass is 16.4. The number of carbonyl (C=O) groups excluding carboxylic acids is 1. The van der Waals surface area contributed by atoms with Gasteiger partial charge in [-0.3, -0.25) is 14.3 Å². The molecule has 1 amide bonds. The average molecular weight is 307 g/mol. The van der Waals surface area contributed by atoms with Crippen LogP contribution in [0.25, 0.3) is 0 Å². The van der Waals surface area contributed by atoms with E-state index >= 15 is 0 Å². The number of hydrogen-bond donors (Lipinski definition) is 2. The molecule has 0 bridgehead atoms. The lowest BCUT2D eigenvalue weighted by Gasteiger charge is -2.28. The summed E-state index contributed by atoms with van der Waals surface area (Å²) in [5, 5.41) is 16.7. The van der Waals surface area contributed by atoms with E-state index in [0.717, 1.165) is 30.6 Å². The molecule has 3 unspecified atom stereocenters. The summed E-state index contributed by atoms with van der Waals surface area (Å²) >= 11 is 0. The summed E-state index contributed by atoms with van der Waals surface area (Å²) in [6.07, 6.45) is 4.99. The van der Waals surface area contributed by atoms with Crippen LogP contribution in [0.3, 0.4) is 0 Å². The predicted octanol–water partition coefficient (Wildman–Crippen LogP) is 2.28. The quantitative estimate of drug-likeness (QED) is 0.874. The van der Waals surface area contributed by atoms with E-state index in [9.17, 15) is 14.7 Å². The van der Waals surface area contributed by atoms with Gasteiger partial charge in [0.25, 0.3) is 0 Å². The number of amides is 1. The Morgan fingerprint density at radius 3 is 2.59 bits per heavy atom. The third-order valence-corrected chi connectivity index (χ3v) is 4.55. The summed E-state index contributed by atoms with van der Waals surface area (Å²) in [4.78, 5) is 23.8. The summed E-state index contributed by atoms with van der Waals surface area (Å²) in [6.45, 7) is 6.63. The standard InChI is InChI=1S/C16H25N3O3/c1-4-19-9-14(11(3)18-19)10(2)17-15(20)12-7-5-6-8-13(12)16(21)22/h9-10,12-13H,4-8H2,1-3H3,(H,17,20)(H,21,22). The Hall–Kier alpha value is -1.85. The van der Waals surface area contributed by atoms with Gasteiger partial charge in [0.05, 0.1) is 23.6 Å². The van der Waals surface area contributed by atoms with E-state index in [-0.39, 0.29) is 11.9 Å². The number of nitrogens with zero attached hydrogens (tertiary/aromatic N) is 2. The van der Waals surface area contributed by atoms with Crippen LogP contribution >= 0.6 is 0 Å². The fourth-order valence-electron chi connectivity index (χ4n) is 3.26. The van der Waals surface area contributed by atoms with E-state index in [2.05, 4.69) is 10.4 Å². The molecule has 122 valence electrons. The lowest BCUT2D eigenvalue weighted by atomic mass is 9.78. The van der Waals surface area contributed by atoms with Crippen molar-refractivity contribution in [1.29, 1.82) is 0 Å². The molecule has 0 aromatic carbocycles. The molecule has 2 rings (SSSR count). The normalized spacial score (nSPS) is 23.0. The first-order valence-corrected chi connectivity index (χ1v) is 8.01. The maximum atomic E-state index is 12.5. The van der Waals surface area contributed by atoms with Crippen LogP contribution < -0.4 is 5.32 Å². The Kier molecular flexibility index (Phi) is 5.21. The van der Waals surface area contributed by atoms with Crippen LogP contribution in [-0.4, -0.2) is 26.8 Å². The van der Waals surface area contributed by atoms with E-state index in [1.807, 2.05) is 31.6 Å². The fourth-order valence-corrected chi connectivity index (χ4v) is 3.26. The van der Waals surface area contributed by atoms with Crippen molar-refractivity contribution in [2.24, 2.45) is 11.8 Å². The third kappa shape index (κ3) is 3.48. The maximum Gasteiger partial charge on any atom is 0.307 e. The number of aryl methyl sites for hydroxylation is 2. The summed E-state index contributed by atoms with van der Waals surface area (Å²) in [5.74, 6) is -1.98. The molecule has 0 saturated heterocycles. The highest BCUT2D eigenvalue weighted by Gasteiger charge is 2.36. The van der Waals surface area contributed by atoms with Crippen molar-refractivity contribution in [3.05, 3.63) is 17.5 Å². The molecule has 2 N–H and O–H groups in total. The summed E-state index contributed by atoms with van der Waals surface area (Å²) in [6, 6.07) is -0.163. The molecule has 1 aliphatic rings. The van der Waals surface area contributed by atoms with Gasteiger partial charge in [0.15, 0.2) is 0 Å². The third-order valence-electron chi connectivity index (χ3n) is 4.55. The second kappa shape index (κ2) is 6.94. The molecule has 1 fully saturated rings. The zero-order valence-corrected chi connectivity index (χ0v) is 13.5. The molecule has 22 heavy (non-hydrogen) atoms. The number of aromatic nitrogens is 2. The number of hydrogen-bond acceptors (Lipinski definition) is 3. The van der Waals surface area contributed by atoms with Crippen LogP contribution in [-0.2, 0) is 16.1 Å². The average Bonchev–Trinajstić information content (AvgIpc) is 2.88. The van der Waals surface area contributed by atoms with Crippen molar-refractivity contribution in [3.8, 4) is 0 Å².